The molecular weight excluding hydrogens is 381 g/mol. The molecule has 0 aromatic heterocycles. The second-order valence-electron chi connectivity index (χ2n) is 7.89. The van der Waals surface area contributed by atoms with Crippen LogP contribution < -0.4 is 4.90 Å². The van der Waals surface area contributed by atoms with Crippen LogP contribution in [0, 0.1) is 12.7 Å². The molecule has 7 heteroatoms. The van der Waals surface area contributed by atoms with Gasteiger partial charge in [-0.25, -0.2) is 13.2 Å². The van der Waals surface area contributed by atoms with Crippen molar-refractivity contribution in [2.45, 2.75) is 37.6 Å². The maximum Gasteiger partial charge on any atom is 0.267 e. The van der Waals surface area contributed by atoms with Crippen LogP contribution in [0.1, 0.15) is 29.9 Å². The van der Waals surface area contributed by atoms with Gasteiger partial charge in [-0.1, -0.05) is 18.2 Å². The monoisotopic (exact) mass is 404 g/mol. The Balaban J connectivity index is 1.48. The minimum absolute atomic E-state index is 0.0405. The molecule has 1 N–H and O–H groups in total. The molecule has 4 rings (SSSR count). The van der Waals surface area contributed by atoms with Crippen molar-refractivity contribution in [2.75, 3.05) is 24.5 Å². The molecule has 2 fully saturated rings. The number of piperidine rings is 1. The molecule has 29 heavy (non-hydrogen) atoms. The van der Waals surface area contributed by atoms with Crippen LogP contribution in [0.15, 0.2) is 42.5 Å². The largest absolute Gasteiger partial charge is 0.508 e. The summed E-state index contributed by atoms with van der Waals surface area (Å²) >= 11 is 0. The first-order valence-corrected chi connectivity index (χ1v) is 9.74. The van der Waals surface area contributed by atoms with Crippen molar-refractivity contribution in [2.24, 2.45) is 0 Å². The zero-order valence-corrected chi connectivity index (χ0v) is 16.1. The van der Waals surface area contributed by atoms with E-state index in [1.54, 1.807) is 24.0 Å². The Morgan fingerprint density at radius 3 is 2.45 bits per heavy atom. The van der Waals surface area contributed by atoms with Crippen molar-refractivity contribution in [1.29, 1.82) is 0 Å². The van der Waals surface area contributed by atoms with Gasteiger partial charge in [0.1, 0.15) is 11.6 Å². The van der Waals surface area contributed by atoms with E-state index in [1.165, 1.54) is 35.2 Å². The topological polar surface area (TPSA) is 43.8 Å². The summed E-state index contributed by atoms with van der Waals surface area (Å²) in [6.07, 6.45) is 0.662. The fourth-order valence-electron chi connectivity index (χ4n) is 4.36. The van der Waals surface area contributed by atoms with Crippen LogP contribution in [0.4, 0.5) is 18.9 Å². The number of phenols is 1. The quantitative estimate of drug-likeness (QED) is 0.839. The normalized spacial score (nSPS) is 24.8. The Morgan fingerprint density at radius 1 is 1.07 bits per heavy atom. The van der Waals surface area contributed by atoms with Gasteiger partial charge in [-0.3, -0.25) is 9.69 Å². The van der Waals surface area contributed by atoms with Crippen molar-refractivity contribution in [3.05, 3.63) is 59.4 Å². The van der Waals surface area contributed by atoms with Gasteiger partial charge in [-0.2, -0.15) is 0 Å². The molecule has 2 aromatic carbocycles. The van der Waals surface area contributed by atoms with E-state index in [0.717, 1.165) is 0 Å². The molecule has 0 aliphatic carbocycles. The fourth-order valence-corrected chi connectivity index (χ4v) is 4.36. The zero-order valence-electron chi connectivity index (χ0n) is 16.1. The lowest BCUT2D eigenvalue weighted by molar-refractivity contribution is -0.128. The standard InChI is InChI=1S/C22H23F3N2O2/c1-14-2-5-16(12-19(14)23)27-11-9-20(21(27)29)26-10-8-18(22(24,25)13-26)15-3-6-17(28)7-4-15/h2-7,12,18,20,28H,8-11,13H2,1H3/t18-,20-/m0/s1. The highest BCUT2D eigenvalue weighted by Crippen LogP contribution is 2.42. The second kappa shape index (κ2) is 7.37. The van der Waals surface area contributed by atoms with Gasteiger partial charge in [0, 0.05) is 12.2 Å². The lowest BCUT2D eigenvalue weighted by Crippen LogP contribution is -2.53. The molecule has 4 nitrogen and oxygen atoms in total. The van der Waals surface area contributed by atoms with E-state index in [-0.39, 0.29) is 23.9 Å². The molecule has 2 aromatic rings. The molecule has 2 aliphatic heterocycles. The number of nitrogens with zero attached hydrogens (tertiary/aromatic N) is 2. The Kier molecular flexibility index (Phi) is 5.02. The Hall–Kier alpha value is -2.54. The molecule has 2 aliphatic rings. The van der Waals surface area contributed by atoms with E-state index in [9.17, 15) is 23.1 Å². The third-order valence-corrected chi connectivity index (χ3v) is 6.01. The van der Waals surface area contributed by atoms with Crippen molar-refractivity contribution in [3.8, 4) is 5.75 Å². The van der Waals surface area contributed by atoms with Crippen molar-refractivity contribution < 1.29 is 23.1 Å². The highest BCUT2D eigenvalue weighted by molar-refractivity contribution is 5.99. The number of anilines is 1. The number of hydrogen-bond donors (Lipinski definition) is 1. The number of hydrogen-bond acceptors (Lipinski definition) is 3. The molecule has 2 heterocycles. The maximum atomic E-state index is 14.9. The smallest absolute Gasteiger partial charge is 0.267 e. The van der Waals surface area contributed by atoms with Crippen LogP contribution in [0.2, 0.25) is 0 Å². The maximum absolute atomic E-state index is 14.9. The van der Waals surface area contributed by atoms with Gasteiger partial charge in [-0.05, 0) is 61.7 Å². The van der Waals surface area contributed by atoms with Gasteiger partial charge in [0.05, 0.1) is 18.5 Å². The molecular formula is C22H23F3N2O2. The van der Waals surface area contributed by atoms with E-state index in [2.05, 4.69) is 0 Å². The SMILES string of the molecule is Cc1ccc(N2CC[C@H](N3CC[C@@H](c4ccc(O)cc4)C(F)(F)C3)C2=O)cc1F. The van der Waals surface area contributed by atoms with Crippen LogP contribution in [0.3, 0.4) is 0 Å². The summed E-state index contributed by atoms with van der Waals surface area (Å²) in [6, 6.07) is 9.88. The third kappa shape index (κ3) is 3.71. The average Bonchev–Trinajstić information content (AvgIpc) is 3.06. The first kappa shape index (κ1) is 19.8. The number of carbonyl (C=O) groups excluding carboxylic acids is 1. The Labute approximate surface area is 167 Å². The average molecular weight is 404 g/mol. The molecule has 0 radical (unpaired) electrons. The number of benzene rings is 2. The molecule has 0 spiro atoms. The number of likely N-dealkylation sites (tertiary alicyclic amines) is 1. The molecule has 0 bridgehead atoms. The lowest BCUT2D eigenvalue weighted by atomic mass is 9.85. The number of carbonyl (C=O) groups is 1. The van der Waals surface area contributed by atoms with E-state index in [4.69, 9.17) is 0 Å². The number of rotatable bonds is 3. The van der Waals surface area contributed by atoms with Gasteiger partial charge in [-0.15, -0.1) is 0 Å². The van der Waals surface area contributed by atoms with Crippen molar-refractivity contribution >= 4 is 11.6 Å². The van der Waals surface area contributed by atoms with Crippen molar-refractivity contribution in [3.63, 3.8) is 0 Å². The number of aromatic hydroxyl groups is 1. The van der Waals surface area contributed by atoms with Crippen LogP contribution in [0.25, 0.3) is 0 Å². The number of alkyl halides is 2. The van der Waals surface area contributed by atoms with Crippen LogP contribution in [-0.4, -0.2) is 47.5 Å². The first-order valence-electron chi connectivity index (χ1n) is 9.74. The van der Waals surface area contributed by atoms with Gasteiger partial charge in [0.15, 0.2) is 0 Å². The predicted molar refractivity (Wildman–Crippen MR) is 104 cm³/mol. The van der Waals surface area contributed by atoms with Gasteiger partial charge in [0.2, 0.25) is 5.91 Å². The van der Waals surface area contributed by atoms with E-state index in [0.29, 0.717) is 36.3 Å². The lowest BCUT2D eigenvalue weighted by Gasteiger charge is -2.40. The molecule has 154 valence electrons. The molecule has 0 saturated carbocycles. The molecule has 2 atom stereocenters. The van der Waals surface area contributed by atoms with Gasteiger partial charge < -0.3 is 10.0 Å². The summed E-state index contributed by atoms with van der Waals surface area (Å²) in [5.74, 6) is -4.54. The summed E-state index contributed by atoms with van der Waals surface area (Å²) in [5, 5.41) is 9.39. The van der Waals surface area contributed by atoms with E-state index < -0.39 is 24.4 Å². The van der Waals surface area contributed by atoms with Crippen LogP contribution in [0.5, 0.6) is 5.75 Å². The molecule has 2 saturated heterocycles. The highest BCUT2D eigenvalue weighted by Gasteiger charge is 2.49. The summed E-state index contributed by atoms with van der Waals surface area (Å²) in [7, 11) is 0. The first-order chi connectivity index (χ1) is 13.8. The summed E-state index contributed by atoms with van der Waals surface area (Å²) in [6.45, 7) is 1.92. The van der Waals surface area contributed by atoms with Crippen LogP contribution >= 0.6 is 0 Å². The number of amides is 1. The van der Waals surface area contributed by atoms with Crippen molar-refractivity contribution in [1.82, 2.24) is 4.90 Å². The third-order valence-electron chi connectivity index (χ3n) is 6.01. The van der Waals surface area contributed by atoms with Gasteiger partial charge >= 0.3 is 0 Å². The molecule has 1 amide bonds. The highest BCUT2D eigenvalue weighted by atomic mass is 19.3. The summed E-state index contributed by atoms with van der Waals surface area (Å²) < 4.78 is 43.7. The second-order valence-corrected chi connectivity index (χ2v) is 7.89. The van der Waals surface area contributed by atoms with Crippen LogP contribution in [-0.2, 0) is 4.79 Å². The minimum Gasteiger partial charge on any atom is -0.508 e. The van der Waals surface area contributed by atoms with Gasteiger partial charge in [0.25, 0.3) is 5.92 Å². The number of aryl methyl sites for hydroxylation is 1. The number of phenolic OH excluding ortho intramolecular Hbond substituents is 1. The Bertz CT molecular complexity index is 917. The Morgan fingerprint density at radius 2 is 1.79 bits per heavy atom. The number of halogens is 3. The van der Waals surface area contributed by atoms with E-state index >= 15 is 0 Å². The van der Waals surface area contributed by atoms with E-state index in [1.807, 2.05) is 0 Å². The molecule has 0 unspecified atom stereocenters. The zero-order chi connectivity index (χ0) is 20.8. The fraction of sp³-hybridized carbons (Fsp3) is 0.409. The predicted octanol–water partition coefficient (Wildman–Crippen LogP) is 4.07. The minimum atomic E-state index is -2.99. The summed E-state index contributed by atoms with van der Waals surface area (Å²) in [5.41, 5.74) is 1.45. The summed E-state index contributed by atoms with van der Waals surface area (Å²) in [4.78, 5) is 15.9.